The Morgan fingerprint density at radius 2 is 1.68 bits per heavy atom. The van der Waals surface area contributed by atoms with Crippen LogP contribution in [0.4, 0.5) is 0 Å². The maximum atomic E-state index is 7.04. The Balaban J connectivity index is 1.82. The lowest BCUT2D eigenvalue weighted by Gasteiger charge is -2.68. The lowest BCUT2D eigenvalue weighted by molar-refractivity contribution is -0.127. The van der Waals surface area contributed by atoms with Crippen molar-refractivity contribution in [3.63, 3.8) is 0 Å². The molecular formula is C16H25BrN2. The van der Waals surface area contributed by atoms with Gasteiger partial charge >= 0.3 is 0 Å². The zero-order valence-electron chi connectivity index (χ0n) is 12.1. The van der Waals surface area contributed by atoms with E-state index in [-0.39, 0.29) is 0 Å². The Labute approximate surface area is 125 Å². The Bertz CT molecular complexity index is 375. The van der Waals surface area contributed by atoms with E-state index in [1.807, 2.05) is 6.20 Å². The van der Waals surface area contributed by atoms with Crippen LogP contribution in [-0.2, 0) is 0 Å². The lowest BCUT2D eigenvalue weighted by Crippen LogP contribution is -2.62. The van der Waals surface area contributed by atoms with Crippen molar-refractivity contribution in [3.8, 4) is 0 Å². The highest BCUT2D eigenvalue weighted by molar-refractivity contribution is 9.10. The second-order valence-electron chi connectivity index (χ2n) is 8.24. The van der Waals surface area contributed by atoms with E-state index in [0.29, 0.717) is 20.6 Å². The average molecular weight is 325 g/mol. The number of nitrogens with one attached hydrogen (secondary N) is 2. The SMILES string of the molecule is CC12CC3(C)CC(Br)(C1)CC(CN/C=C\C=N)(C2)C3. The smallest absolute Gasteiger partial charge is 0.0274 e. The van der Waals surface area contributed by atoms with Gasteiger partial charge in [0.05, 0.1) is 0 Å². The van der Waals surface area contributed by atoms with Crippen LogP contribution >= 0.6 is 15.9 Å². The second kappa shape index (κ2) is 4.09. The van der Waals surface area contributed by atoms with Gasteiger partial charge in [-0.15, -0.1) is 0 Å². The average Bonchev–Trinajstić information content (AvgIpc) is 2.17. The lowest BCUT2D eigenvalue weighted by atomic mass is 9.40. The molecule has 0 amide bonds. The monoisotopic (exact) mass is 324 g/mol. The molecule has 0 aliphatic heterocycles. The van der Waals surface area contributed by atoms with Gasteiger partial charge < -0.3 is 10.7 Å². The second-order valence-corrected chi connectivity index (χ2v) is 9.92. The molecule has 3 heteroatoms. The fourth-order valence-electron chi connectivity index (χ4n) is 6.37. The van der Waals surface area contributed by atoms with Gasteiger partial charge in [0.25, 0.3) is 0 Å². The molecule has 4 aliphatic carbocycles. The molecule has 0 radical (unpaired) electrons. The van der Waals surface area contributed by atoms with Gasteiger partial charge in [0.15, 0.2) is 0 Å². The first kappa shape index (κ1) is 13.7. The summed E-state index contributed by atoms with van der Waals surface area (Å²) in [6.45, 7) is 6.07. The summed E-state index contributed by atoms with van der Waals surface area (Å²) in [5.74, 6) is 0. The summed E-state index contributed by atoms with van der Waals surface area (Å²) in [6, 6.07) is 0. The maximum Gasteiger partial charge on any atom is 0.0274 e. The van der Waals surface area contributed by atoms with Crippen molar-refractivity contribution in [2.75, 3.05) is 6.54 Å². The van der Waals surface area contributed by atoms with Crippen LogP contribution in [0.1, 0.15) is 52.4 Å². The summed E-state index contributed by atoms with van der Waals surface area (Å²) in [4.78, 5) is 0. The Morgan fingerprint density at radius 3 is 2.21 bits per heavy atom. The molecule has 2 nitrogen and oxygen atoms in total. The number of rotatable bonds is 4. The molecule has 0 aromatic carbocycles. The molecule has 0 spiro atoms. The highest BCUT2D eigenvalue weighted by Gasteiger charge is 2.64. The van der Waals surface area contributed by atoms with Crippen LogP contribution in [0, 0.1) is 21.7 Å². The van der Waals surface area contributed by atoms with Gasteiger partial charge in [-0.1, -0.05) is 29.8 Å². The van der Waals surface area contributed by atoms with Crippen molar-refractivity contribution in [1.82, 2.24) is 5.32 Å². The minimum Gasteiger partial charge on any atom is -0.390 e. The molecule has 4 fully saturated rings. The minimum atomic E-state index is 0.387. The van der Waals surface area contributed by atoms with Crippen LogP contribution in [0.15, 0.2) is 12.3 Å². The van der Waals surface area contributed by atoms with Gasteiger partial charge in [0.2, 0.25) is 0 Å². The first-order valence-electron chi connectivity index (χ1n) is 7.38. The van der Waals surface area contributed by atoms with Crippen molar-refractivity contribution in [2.45, 2.75) is 56.7 Å². The third-order valence-electron chi connectivity index (χ3n) is 5.42. The molecule has 4 bridgehead atoms. The molecule has 2 N–H and O–H groups in total. The number of hydrogen-bond donors (Lipinski definition) is 2. The van der Waals surface area contributed by atoms with E-state index in [1.165, 1.54) is 44.7 Å². The molecule has 2 atom stereocenters. The summed E-state index contributed by atoms with van der Waals surface area (Å²) in [6.07, 6.45) is 13.2. The first-order valence-corrected chi connectivity index (χ1v) is 8.18. The Kier molecular flexibility index (Phi) is 2.94. The zero-order chi connectivity index (χ0) is 13.8. The topological polar surface area (TPSA) is 35.9 Å². The number of halogens is 1. The van der Waals surface area contributed by atoms with Crippen LogP contribution in [0.5, 0.6) is 0 Å². The molecule has 0 aromatic heterocycles. The van der Waals surface area contributed by atoms with E-state index in [0.717, 1.165) is 6.54 Å². The summed E-state index contributed by atoms with van der Waals surface area (Å²) in [5, 5.41) is 10.5. The van der Waals surface area contributed by atoms with Crippen molar-refractivity contribution in [1.29, 1.82) is 5.41 Å². The minimum absolute atomic E-state index is 0.387. The van der Waals surface area contributed by atoms with Gasteiger partial charge in [0.1, 0.15) is 0 Å². The number of allylic oxidation sites excluding steroid dienone is 1. The van der Waals surface area contributed by atoms with E-state index in [9.17, 15) is 0 Å². The molecular weight excluding hydrogens is 300 g/mol. The highest BCUT2D eigenvalue weighted by atomic mass is 79.9. The van der Waals surface area contributed by atoms with Crippen LogP contribution in [-0.4, -0.2) is 17.1 Å². The van der Waals surface area contributed by atoms with E-state index in [2.05, 4.69) is 35.1 Å². The molecule has 0 heterocycles. The van der Waals surface area contributed by atoms with Crippen molar-refractivity contribution < 1.29 is 0 Å². The molecule has 0 aromatic rings. The van der Waals surface area contributed by atoms with Crippen molar-refractivity contribution in [2.24, 2.45) is 16.2 Å². The third kappa shape index (κ3) is 2.39. The fourth-order valence-corrected chi connectivity index (χ4v) is 8.32. The van der Waals surface area contributed by atoms with E-state index < -0.39 is 0 Å². The first-order chi connectivity index (χ1) is 8.80. The molecule has 4 aliphatic rings. The fraction of sp³-hybridized carbons (Fsp3) is 0.812. The zero-order valence-corrected chi connectivity index (χ0v) is 13.6. The molecule has 0 saturated heterocycles. The predicted molar refractivity (Wildman–Crippen MR) is 83.9 cm³/mol. The quantitative estimate of drug-likeness (QED) is 0.588. The van der Waals surface area contributed by atoms with Crippen LogP contribution in [0.25, 0.3) is 0 Å². The van der Waals surface area contributed by atoms with Gasteiger partial charge in [-0.25, -0.2) is 0 Å². The standard InChI is InChI=1S/C16H25BrN2/c1-13-6-14(2)8-15(7-13,12-19-5-3-4-18)11-16(17,9-13)10-14/h3-5,18-19H,6-12H2,1-2H3/b5-3-,18-4?. The predicted octanol–water partition coefficient (Wildman–Crippen LogP) is 4.25. The highest BCUT2D eigenvalue weighted by Crippen LogP contribution is 2.72. The Hall–Kier alpha value is -0.310. The summed E-state index contributed by atoms with van der Waals surface area (Å²) in [7, 11) is 0. The molecule has 4 rings (SSSR count). The van der Waals surface area contributed by atoms with Crippen LogP contribution < -0.4 is 5.32 Å². The molecule has 2 unspecified atom stereocenters. The van der Waals surface area contributed by atoms with Gasteiger partial charge in [-0.3, -0.25) is 0 Å². The van der Waals surface area contributed by atoms with Crippen LogP contribution in [0.2, 0.25) is 0 Å². The van der Waals surface area contributed by atoms with Crippen LogP contribution in [0.3, 0.4) is 0 Å². The Morgan fingerprint density at radius 1 is 1.05 bits per heavy atom. The summed E-state index contributed by atoms with van der Waals surface area (Å²) >= 11 is 4.10. The van der Waals surface area contributed by atoms with E-state index in [4.69, 9.17) is 5.41 Å². The molecule has 19 heavy (non-hydrogen) atoms. The molecule has 106 valence electrons. The third-order valence-corrected chi connectivity index (χ3v) is 6.26. The van der Waals surface area contributed by atoms with Crippen molar-refractivity contribution >= 4 is 22.1 Å². The molecule has 4 saturated carbocycles. The van der Waals surface area contributed by atoms with Gasteiger partial charge in [-0.2, -0.15) is 0 Å². The normalized spacial score (nSPS) is 51.7. The van der Waals surface area contributed by atoms with E-state index in [1.54, 1.807) is 6.08 Å². The largest absolute Gasteiger partial charge is 0.390 e. The number of hydrogen-bond acceptors (Lipinski definition) is 2. The summed E-state index contributed by atoms with van der Waals surface area (Å²) in [5.41, 5.74) is 1.51. The number of alkyl halides is 1. The maximum absolute atomic E-state index is 7.04. The van der Waals surface area contributed by atoms with E-state index >= 15 is 0 Å². The summed E-state index contributed by atoms with van der Waals surface area (Å²) < 4.78 is 0.387. The van der Waals surface area contributed by atoms with Gasteiger partial charge in [0, 0.05) is 17.1 Å². The van der Waals surface area contributed by atoms with Crippen molar-refractivity contribution in [3.05, 3.63) is 12.3 Å². The van der Waals surface area contributed by atoms with Gasteiger partial charge in [-0.05, 0) is 67.0 Å².